The number of β-lactam (4-membered cyclic amide) rings is 1. The van der Waals surface area contributed by atoms with Gasteiger partial charge in [-0.15, -0.1) is 11.8 Å². The van der Waals surface area contributed by atoms with Crippen molar-refractivity contribution >= 4 is 66.8 Å². The number of carbonyl (C=O) groups is 1. The highest BCUT2D eigenvalue weighted by molar-refractivity contribution is 9.12. The van der Waals surface area contributed by atoms with Gasteiger partial charge in [-0.1, -0.05) is 104 Å². The van der Waals surface area contributed by atoms with E-state index >= 15 is 0 Å². The van der Waals surface area contributed by atoms with Crippen molar-refractivity contribution in [3.63, 3.8) is 0 Å². The number of hydrogen-bond donors (Lipinski definition) is 0. The van der Waals surface area contributed by atoms with Gasteiger partial charge in [-0.2, -0.15) is 0 Å². The number of amides is 1. The Morgan fingerprint density at radius 2 is 1.69 bits per heavy atom. The second-order valence-corrected chi connectivity index (χ2v) is 11.8. The standard InChI is InChI=1S/C26H24Br2ClNOS/c1-18-7-13-23(14-8-18)30-24(20-9-11-22(29)12-10-20)26(25(30)31,15-21(28)16-27)32-17-19-5-3-2-4-6-19/h2-14,21,24H,15-17H2,1H3. The number of benzene rings is 3. The molecule has 3 unspecified atom stereocenters. The molecular formula is C26H24Br2ClNOS. The minimum absolute atomic E-state index is 0.0808. The summed E-state index contributed by atoms with van der Waals surface area (Å²) < 4.78 is -0.573. The molecule has 0 bridgehead atoms. The number of rotatable bonds is 8. The quantitative estimate of drug-likeness (QED) is 0.195. The van der Waals surface area contributed by atoms with Gasteiger partial charge < -0.3 is 4.90 Å². The summed E-state index contributed by atoms with van der Waals surface area (Å²) in [6.45, 7) is 2.06. The third kappa shape index (κ3) is 4.82. The van der Waals surface area contributed by atoms with E-state index in [0.29, 0.717) is 5.02 Å². The van der Waals surface area contributed by atoms with Gasteiger partial charge >= 0.3 is 0 Å². The minimum atomic E-state index is -0.573. The van der Waals surface area contributed by atoms with Gasteiger partial charge in [0.05, 0.1) is 6.04 Å². The molecule has 0 aliphatic carbocycles. The van der Waals surface area contributed by atoms with Crippen molar-refractivity contribution in [2.45, 2.75) is 34.7 Å². The SMILES string of the molecule is Cc1ccc(N2C(=O)C(CC(Br)CBr)(SCc3ccccc3)C2c2ccc(Cl)cc2)cc1. The second kappa shape index (κ2) is 10.3. The summed E-state index contributed by atoms with van der Waals surface area (Å²) in [6.07, 6.45) is 0.726. The van der Waals surface area contributed by atoms with Crippen LogP contribution >= 0.6 is 55.2 Å². The molecule has 0 spiro atoms. The van der Waals surface area contributed by atoms with E-state index < -0.39 is 4.75 Å². The number of nitrogens with zero attached hydrogens (tertiary/aromatic N) is 1. The molecule has 1 heterocycles. The van der Waals surface area contributed by atoms with Gasteiger partial charge in [0.25, 0.3) is 0 Å². The Balaban J connectivity index is 1.76. The molecule has 0 aromatic heterocycles. The van der Waals surface area contributed by atoms with Crippen LogP contribution in [-0.4, -0.2) is 20.8 Å². The summed E-state index contributed by atoms with van der Waals surface area (Å²) in [5.74, 6) is 0.938. The molecule has 1 aliphatic rings. The van der Waals surface area contributed by atoms with Crippen molar-refractivity contribution in [2.24, 2.45) is 0 Å². The number of halogens is 3. The number of aryl methyl sites for hydroxylation is 1. The lowest BCUT2D eigenvalue weighted by atomic mass is 9.78. The number of carbonyl (C=O) groups excluding carboxylic acids is 1. The fourth-order valence-electron chi connectivity index (χ4n) is 4.18. The van der Waals surface area contributed by atoms with Gasteiger partial charge in [0.15, 0.2) is 0 Å². The fourth-order valence-corrected chi connectivity index (χ4v) is 6.82. The first-order valence-corrected chi connectivity index (χ1v) is 13.9. The van der Waals surface area contributed by atoms with Crippen molar-refractivity contribution in [1.82, 2.24) is 0 Å². The van der Waals surface area contributed by atoms with Crippen LogP contribution in [0.2, 0.25) is 5.02 Å². The van der Waals surface area contributed by atoms with Crippen LogP contribution in [0.25, 0.3) is 0 Å². The predicted molar refractivity (Wildman–Crippen MR) is 144 cm³/mol. The molecule has 6 heteroatoms. The Morgan fingerprint density at radius 3 is 2.31 bits per heavy atom. The van der Waals surface area contributed by atoms with E-state index in [4.69, 9.17) is 11.6 Å². The molecule has 3 atom stereocenters. The largest absolute Gasteiger partial charge is 0.302 e. The molecule has 1 amide bonds. The van der Waals surface area contributed by atoms with Gasteiger partial charge in [-0.3, -0.25) is 4.79 Å². The van der Waals surface area contributed by atoms with Crippen molar-refractivity contribution in [1.29, 1.82) is 0 Å². The topological polar surface area (TPSA) is 20.3 Å². The molecule has 3 aromatic carbocycles. The van der Waals surface area contributed by atoms with E-state index in [1.165, 1.54) is 11.1 Å². The normalized spacial score (nSPS) is 21.3. The summed E-state index contributed by atoms with van der Waals surface area (Å²) in [6, 6.07) is 26.4. The number of anilines is 1. The van der Waals surface area contributed by atoms with Gasteiger partial charge in [0, 0.05) is 26.6 Å². The van der Waals surface area contributed by atoms with Crippen molar-refractivity contribution < 1.29 is 4.79 Å². The highest BCUT2D eigenvalue weighted by Gasteiger charge is 2.62. The summed E-state index contributed by atoms with van der Waals surface area (Å²) in [4.78, 5) is 16.1. The van der Waals surface area contributed by atoms with Crippen LogP contribution in [0, 0.1) is 6.92 Å². The lowest BCUT2D eigenvalue weighted by Gasteiger charge is -2.56. The third-order valence-corrected chi connectivity index (χ3v) is 9.92. The lowest BCUT2D eigenvalue weighted by Crippen LogP contribution is -2.67. The predicted octanol–water partition coefficient (Wildman–Crippen LogP) is 7.96. The molecule has 2 nitrogen and oxygen atoms in total. The van der Waals surface area contributed by atoms with Gasteiger partial charge in [0.1, 0.15) is 4.75 Å². The Labute approximate surface area is 216 Å². The van der Waals surface area contributed by atoms with Crippen LogP contribution < -0.4 is 4.90 Å². The first kappa shape index (κ1) is 23.9. The lowest BCUT2D eigenvalue weighted by molar-refractivity contribution is -0.128. The maximum atomic E-state index is 13.9. The van der Waals surface area contributed by atoms with E-state index in [0.717, 1.165) is 28.8 Å². The van der Waals surface area contributed by atoms with Crippen LogP contribution in [0.15, 0.2) is 78.9 Å². The Hall–Kier alpha value is -1.27. The smallest absolute Gasteiger partial charge is 0.246 e. The van der Waals surface area contributed by atoms with Gasteiger partial charge in [0.2, 0.25) is 5.91 Å². The van der Waals surface area contributed by atoms with E-state index in [1.54, 1.807) is 11.8 Å². The number of alkyl halides is 2. The molecule has 32 heavy (non-hydrogen) atoms. The van der Waals surface area contributed by atoms with Crippen LogP contribution in [0.5, 0.6) is 0 Å². The van der Waals surface area contributed by atoms with E-state index in [-0.39, 0.29) is 16.8 Å². The molecule has 4 rings (SSSR count). The van der Waals surface area contributed by atoms with Crippen LogP contribution in [0.4, 0.5) is 5.69 Å². The maximum absolute atomic E-state index is 13.9. The minimum Gasteiger partial charge on any atom is -0.302 e. The molecule has 3 aromatic rings. The third-order valence-electron chi connectivity index (χ3n) is 5.81. The average Bonchev–Trinajstić information content (AvgIpc) is 2.82. The number of thioether (sulfide) groups is 1. The molecular weight excluding hydrogens is 570 g/mol. The summed E-state index contributed by atoms with van der Waals surface area (Å²) in [5, 5.41) is 1.48. The maximum Gasteiger partial charge on any atom is 0.246 e. The van der Waals surface area contributed by atoms with E-state index in [2.05, 4.69) is 75.2 Å². The Morgan fingerprint density at radius 1 is 1.03 bits per heavy atom. The highest BCUT2D eigenvalue weighted by Crippen LogP contribution is 2.57. The van der Waals surface area contributed by atoms with Gasteiger partial charge in [-0.25, -0.2) is 0 Å². The first-order valence-electron chi connectivity index (χ1n) is 10.5. The molecule has 0 radical (unpaired) electrons. The zero-order chi connectivity index (χ0) is 22.7. The molecule has 0 saturated carbocycles. The average molecular weight is 594 g/mol. The molecule has 166 valence electrons. The molecule has 0 N–H and O–H groups in total. The zero-order valence-electron chi connectivity index (χ0n) is 17.7. The summed E-state index contributed by atoms with van der Waals surface area (Å²) >= 11 is 15.3. The van der Waals surface area contributed by atoms with Crippen molar-refractivity contribution in [3.8, 4) is 0 Å². The monoisotopic (exact) mass is 591 g/mol. The number of hydrogen-bond acceptors (Lipinski definition) is 2. The van der Waals surface area contributed by atoms with E-state index in [9.17, 15) is 4.79 Å². The van der Waals surface area contributed by atoms with Crippen LogP contribution in [0.1, 0.15) is 29.2 Å². The summed E-state index contributed by atoms with van der Waals surface area (Å²) in [5.41, 5.74) is 4.43. The highest BCUT2D eigenvalue weighted by atomic mass is 79.9. The fraction of sp³-hybridized carbons (Fsp3) is 0.269. The van der Waals surface area contributed by atoms with Crippen LogP contribution in [0.3, 0.4) is 0 Å². The second-order valence-electron chi connectivity index (χ2n) is 8.08. The summed E-state index contributed by atoms with van der Waals surface area (Å²) in [7, 11) is 0. The van der Waals surface area contributed by atoms with Gasteiger partial charge in [-0.05, 0) is 48.7 Å². The van der Waals surface area contributed by atoms with E-state index in [1.807, 2.05) is 47.4 Å². The first-order chi connectivity index (χ1) is 15.4. The molecule has 1 fully saturated rings. The Bertz CT molecular complexity index is 1060. The zero-order valence-corrected chi connectivity index (χ0v) is 22.4. The van der Waals surface area contributed by atoms with Crippen LogP contribution in [-0.2, 0) is 10.5 Å². The Kier molecular flexibility index (Phi) is 7.71. The van der Waals surface area contributed by atoms with Crippen molar-refractivity contribution in [2.75, 3.05) is 10.2 Å². The van der Waals surface area contributed by atoms with Crippen molar-refractivity contribution in [3.05, 3.63) is 101 Å². The molecule has 1 saturated heterocycles. The molecule has 1 aliphatic heterocycles.